The number of fused-ring (bicyclic) bond motifs is 1. The molecular weight excluding hydrogens is 321 g/mol. The van der Waals surface area contributed by atoms with Crippen molar-refractivity contribution in [2.75, 3.05) is 0 Å². The number of carbonyl (C=O) groups is 1. The Morgan fingerprint density at radius 1 is 1.44 bits per heavy atom. The molecule has 1 aromatic carbocycles. The average Bonchev–Trinajstić information content (AvgIpc) is 2.50. The van der Waals surface area contributed by atoms with E-state index in [-0.39, 0.29) is 30.4 Å². The molecule has 0 saturated carbocycles. The number of para-hydroxylation sites is 2. The summed E-state index contributed by atoms with van der Waals surface area (Å²) in [5, 5.41) is 8.63. The number of hydrogen-bond donors (Lipinski definition) is 1. The fourth-order valence-corrected chi connectivity index (χ4v) is 1.64. The Kier molecular flexibility index (Phi) is 4.28. The summed E-state index contributed by atoms with van der Waals surface area (Å²) in [6.07, 6.45) is 0.106. The van der Waals surface area contributed by atoms with Crippen LogP contribution in [0.25, 0.3) is 11.1 Å². The highest BCUT2D eigenvalue weighted by atomic mass is 127. The average molecular weight is 333 g/mol. The molecule has 0 unspecified atom stereocenters. The Balaban J connectivity index is 0.00000128. The zero-order chi connectivity index (χ0) is 10.8. The maximum absolute atomic E-state index is 10.5. The van der Waals surface area contributed by atoms with Crippen LogP contribution in [-0.2, 0) is 11.3 Å². The van der Waals surface area contributed by atoms with Crippen molar-refractivity contribution in [3.8, 4) is 0 Å². The second-order valence-electron chi connectivity index (χ2n) is 3.38. The quantitative estimate of drug-likeness (QED) is 0.550. The smallest absolute Gasteiger partial charge is 0.344 e. The Bertz CT molecular complexity index is 507. The van der Waals surface area contributed by atoms with Gasteiger partial charge in [-0.05, 0) is 6.07 Å². The molecule has 0 amide bonds. The summed E-state index contributed by atoms with van der Waals surface area (Å²) in [6.45, 7) is 2.28. The largest absolute Gasteiger partial charge is 1.00 e. The van der Waals surface area contributed by atoms with Crippen LogP contribution in [0.4, 0.5) is 0 Å². The molecule has 1 heterocycles. The van der Waals surface area contributed by atoms with Gasteiger partial charge in [0.25, 0.3) is 5.52 Å². The third kappa shape index (κ3) is 2.52. The van der Waals surface area contributed by atoms with Crippen molar-refractivity contribution in [2.45, 2.75) is 19.9 Å². The van der Waals surface area contributed by atoms with Crippen LogP contribution in [0.15, 0.2) is 28.7 Å². The first-order valence-electron chi connectivity index (χ1n) is 4.78. The van der Waals surface area contributed by atoms with Crippen molar-refractivity contribution in [1.82, 2.24) is 0 Å². The third-order valence-corrected chi connectivity index (χ3v) is 2.34. The summed E-state index contributed by atoms with van der Waals surface area (Å²) in [7, 11) is 0. The van der Waals surface area contributed by atoms with Crippen LogP contribution in [0.1, 0.15) is 12.3 Å². The summed E-state index contributed by atoms with van der Waals surface area (Å²) in [6, 6.07) is 7.61. The number of carboxylic acids is 1. The molecule has 0 radical (unpaired) electrons. The fraction of sp³-hybridized carbons (Fsp3) is 0.273. The predicted molar refractivity (Wildman–Crippen MR) is 53.4 cm³/mol. The minimum absolute atomic E-state index is 0. The van der Waals surface area contributed by atoms with Crippen molar-refractivity contribution < 1.29 is 42.9 Å². The van der Waals surface area contributed by atoms with Gasteiger partial charge in [-0.3, -0.25) is 4.79 Å². The Morgan fingerprint density at radius 2 is 2.12 bits per heavy atom. The molecule has 86 valence electrons. The summed E-state index contributed by atoms with van der Waals surface area (Å²) < 4.78 is 7.38. The molecular formula is C11H12INO3. The number of halogens is 1. The first-order valence-corrected chi connectivity index (χ1v) is 4.78. The molecule has 0 saturated heterocycles. The van der Waals surface area contributed by atoms with Gasteiger partial charge in [0.05, 0.1) is 6.92 Å². The van der Waals surface area contributed by atoms with E-state index in [1.807, 2.05) is 35.8 Å². The van der Waals surface area contributed by atoms with E-state index >= 15 is 0 Å². The van der Waals surface area contributed by atoms with E-state index in [1.54, 1.807) is 0 Å². The SMILES string of the molecule is Cc1oc2ccccc2[n+]1CCC(=O)O.[I-]. The number of benzene rings is 1. The number of nitrogens with zero attached hydrogens (tertiary/aromatic N) is 1. The van der Waals surface area contributed by atoms with Gasteiger partial charge in [-0.15, -0.1) is 0 Å². The van der Waals surface area contributed by atoms with Crippen molar-refractivity contribution >= 4 is 17.1 Å². The lowest BCUT2D eigenvalue weighted by Gasteiger charge is -1.91. The molecule has 16 heavy (non-hydrogen) atoms. The number of aryl methyl sites for hydroxylation is 2. The van der Waals surface area contributed by atoms with E-state index in [0.29, 0.717) is 6.54 Å². The molecule has 5 heteroatoms. The number of hydrogen-bond acceptors (Lipinski definition) is 2. The van der Waals surface area contributed by atoms with Crippen LogP contribution >= 0.6 is 0 Å². The Labute approximate surface area is 110 Å². The monoisotopic (exact) mass is 333 g/mol. The molecule has 1 N–H and O–H groups in total. The number of carboxylic acid groups (broad SMARTS) is 1. The van der Waals surface area contributed by atoms with Gasteiger partial charge in [0.15, 0.2) is 6.54 Å². The van der Waals surface area contributed by atoms with Gasteiger partial charge < -0.3 is 33.5 Å². The van der Waals surface area contributed by atoms with Crippen molar-refractivity contribution in [1.29, 1.82) is 0 Å². The van der Waals surface area contributed by atoms with Gasteiger partial charge in [0.2, 0.25) is 5.58 Å². The summed E-state index contributed by atoms with van der Waals surface area (Å²) in [5.74, 6) is -0.0652. The standard InChI is InChI=1S/C11H11NO3.HI/c1-8-12(7-6-11(13)14)9-4-2-3-5-10(9)15-8;/h2-5H,6-7H2,1H3;1H. The maximum Gasteiger partial charge on any atom is 0.344 e. The third-order valence-electron chi connectivity index (χ3n) is 2.34. The first-order chi connectivity index (χ1) is 7.18. The van der Waals surface area contributed by atoms with Crippen LogP contribution in [0.2, 0.25) is 0 Å². The lowest BCUT2D eigenvalue weighted by atomic mass is 10.3. The molecule has 2 aromatic rings. The summed E-state index contributed by atoms with van der Waals surface area (Å²) in [5.41, 5.74) is 1.73. The van der Waals surface area contributed by atoms with Gasteiger partial charge in [-0.1, -0.05) is 12.1 Å². The molecule has 0 aliphatic heterocycles. The Morgan fingerprint density at radius 3 is 2.81 bits per heavy atom. The highest BCUT2D eigenvalue weighted by Crippen LogP contribution is 2.12. The van der Waals surface area contributed by atoms with Crippen molar-refractivity contribution in [3.63, 3.8) is 0 Å². The van der Waals surface area contributed by atoms with Gasteiger partial charge in [0.1, 0.15) is 6.42 Å². The van der Waals surface area contributed by atoms with Gasteiger partial charge in [-0.25, -0.2) is 0 Å². The van der Waals surface area contributed by atoms with Crippen LogP contribution in [0.5, 0.6) is 0 Å². The topological polar surface area (TPSA) is 54.3 Å². The molecule has 0 aliphatic rings. The fourth-order valence-electron chi connectivity index (χ4n) is 1.64. The number of oxazole rings is 1. The lowest BCUT2D eigenvalue weighted by Crippen LogP contribution is -3.00. The normalized spacial score (nSPS) is 10.1. The molecule has 0 aliphatic carbocycles. The summed E-state index contributed by atoms with van der Waals surface area (Å²) in [4.78, 5) is 10.5. The molecule has 0 fully saturated rings. The van der Waals surface area contributed by atoms with Crippen LogP contribution < -0.4 is 28.5 Å². The molecule has 0 spiro atoms. The van der Waals surface area contributed by atoms with Crippen molar-refractivity contribution in [2.24, 2.45) is 0 Å². The molecule has 0 bridgehead atoms. The lowest BCUT2D eigenvalue weighted by molar-refractivity contribution is -0.681. The predicted octanol–water partition coefficient (Wildman–Crippen LogP) is -1.49. The molecule has 1 aromatic heterocycles. The Hall–Kier alpha value is -1.11. The summed E-state index contributed by atoms with van der Waals surface area (Å²) >= 11 is 0. The van der Waals surface area contributed by atoms with E-state index in [1.165, 1.54) is 0 Å². The number of aliphatic carboxylic acids is 1. The second-order valence-corrected chi connectivity index (χ2v) is 3.38. The maximum atomic E-state index is 10.5. The zero-order valence-corrected chi connectivity index (χ0v) is 11.0. The van der Waals surface area contributed by atoms with Crippen molar-refractivity contribution in [3.05, 3.63) is 30.2 Å². The van der Waals surface area contributed by atoms with E-state index in [9.17, 15) is 4.79 Å². The van der Waals surface area contributed by atoms with E-state index in [2.05, 4.69) is 0 Å². The van der Waals surface area contributed by atoms with Crippen LogP contribution in [0.3, 0.4) is 0 Å². The number of aromatic nitrogens is 1. The molecule has 2 rings (SSSR count). The zero-order valence-electron chi connectivity index (χ0n) is 8.81. The first kappa shape index (κ1) is 13.0. The minimum Gasteiger partial charge on any atom is -1.00 e. The van der Waals surface area contributed by atoms with E-state index < -0.39 is 5.97 Å². The van der Waals surface area contributed by atoms with Crippen LogP contribution in [-0.4, -0.2) is 11.1 Å². The van der Waals surface area contributed by atoms with Crippen LogP contribution in [0, 0.1) is 6.92 Å². The highest BCUT2D eigenvalue weighted by molar-refractivity contribution is 5.69. The minimum atomic E-state index is -0.799. The van der Waals surface area contributed by atoms with E-state index in [4.69, 9.17) is 9.52 Å². The van der Waals surface area contributed by atoms with E-state index in [0.717, 1.165) is 17.0 Å². The van der Waals surface area contributed by atoms with Gasteiger partial charge >= 0.3 is 11.9 Å². The molecule has 4 nitrogen and oxygen atoms in total. The second kappa shape index (κ2) is 5.29. The van der Waals surface area contributed by atoms with Gasteiger partial charge in [-0.2, -0.15) is 4.57 Å². The number of rotatable bonds is 3. The molecule has 0 atom stereocenters. The van der Waals surface area contributed by atoms with Gasteiger partial charge in [0, 0.05) is 6.07 Å². The highest BCUT2D eigenvalue weighted by Gasteiger charge is 2.18.